The molecule has 0 bridgehead atoms. The van der Waals surface area contributed by atoms with Gasteiger partial charge in [-0.1, -0.05) is 52.3 Å². The third-order valence-electron chi connectivity index (χ3n) is 4.45. The van der Waals surface area contributed by atoms with Crippen LogP contribution >= 0.6 is 15.9 Å². The maximum atomic E-state index is 12.7. The number of nitrogens with one attached hydrogen (secondary N) is 1. The van der Waals surface area contributed by atoms with Gasteiger partial charge in [-0.15, -0.1) is 0 Å². The van der Waals surface area contributed by atoms with E-state index in [2.05, 4.69) is 26.5 Å². The Morgan fingerprint density at radius 1 is 0.929 bits per heavy atom. The van der Waals surface area contributed by atoms with E-state index in [-0.39, 0.29) is 17.9 Å². The minimum absolute atomic E-state index is 0.0314. The monoisotopic (exact) mass is 433 g/mol. The molecular weight excluding hydrogens is 418 g/mol. The summed E-state index contributed by atoms with van der Waals surface area (Å²) in [5.74, 6) is -0.271. The number of halogens is 1. The number of hydrogen-bond donors (Lipinski definition) is 1. The van der Waals surface area contributed by atoms with Gasteiger partial charge in [0.1, 0.15) is 6.54 Å². The Morgan fingerprint density at radius 3 is 2.11 bits per heavy atom. The maximum absolute atomic E-state index is 12.7. The van der Waals surface area contributed by atoms with E-state index in [1.807, 2.05) is 65.2 Å². The molecule has 0 aliphatic heterocycles. The molecule has 0 fully saturated rings. The van der Waals surface area contributed by atoms with Crippen LogP contribution in [-0.4, -0.2) is 16.7 Å². The summed E-state index contributed by atoms with van der Waals surface area (Å²) in [5.41, 5.74) is 4.85. The van der Waals surface area contributed by atoms with Gasteiger partial charge in [-0.3, -0.25) is 9.59 Å². The number of benzene rings is 3. The molecule has 4 aromatic rings. The van der Waals surface area contributed by atoms with Gasteiger partial charge in [-0.2, -0.15) is 5.10 Å². The molecule has 3 aromatic carbocycles. The fourth-order valence-corrected chi connectivity index (χ4v) is 3.42. The van der Waals surface area contributed by atoms with Crippen LogP contribution in [0.3, 0.4) is 0 Å². The Balaban J connectivity index is 1.65. The molecular formula is C22H16BrN3O2. The number of carbonyl (C=O) groups is 1. The first kappa shape index (κ1) is 18.1. The highest BCUT2D eigenvalue weighted by molar-refractivity contribution is 9.10. The van der Waals surface area contributed by atoms with Crippen LogP contribution in [0.5, 0.6) is 0 Å². The lowest BCUT2D eigenvalue weighted by molar-refractivity contribution is -0.121. The maximum Gasteiger partial charge on any atom is 0.260 e. The van der Waals surface area contributed by atoms with E-state index in [4.69, 9.17) is 0 Å². The van der Waals surface area contributed by atoms with Crippen LogP contribution in [0, 0.1) is 0 Å². The molecule has 0 aliphatic rings. The van der Waals surface area contributed by atoms with Crippen molar-refractivity contribution in [1.82, 2.24) is 9.99 Å². The summed E-state index contributed by atoms with van der Waals surface area (Å²) in [7, 11) is 0. The van der Waals surface area contributed by atoms with Gasteiger partial charge >= 0.3 is 0 Å². The van der Waals surface area contributed by atoms with Crippen LogP contribution in [0.1, 0.15) is 5.56 Å². The third kappa shape index (κ3) is 3.59. The molecule has 0 atom stereocenters. The van der Waals surface area contributed by atoms with Gasteiger partial charge < -0.3 is 4.57 Å². The molecule has 28 heavy (non-hydrogen) atoms. The SMILES string of the molecule is O=C(Cn1c2ccccc2c(=O)c2ccccc21)N/N=C\c1ccc(Br)cc1. The molecule has 1 heterocycles. The molecule has 138 valence electrons. The number of hydrogen-bond acceptors (Lipinski definition) is 3. The highest BCUT2D eigenvalue weighted by Crippen LogP contribution is 2.19. The second kappa shape index (κ2) is 7.78. The van der Waals surface area contributed by atoms with Crippen LogP contribution in [0.4, 0.5) is 0 Å². The van der Waals surface area contributed by atoms with Crippen molar-refractivity contribution in [3.05, 3.63) is 93.1 Å². The van der Waals surface area contributed by atoms with E-state index in [0.29, 0.717) is 10.8 Å². The zero-order chi connectivity index (χ0) is 19.5. The zero-order valence-electron chi connectivity index (χ0n) is 14.8. The van der Waals surface area contributed by atoms with Crippen molar-refractivity contribution in [1.29, 1.82) is 0 Å². The predicted octanol–water partition coefficient (Wildman–Crippen LogP) is 4.07. The van der Waals surface area contributed by atoms with E-state index >= 15 is 0 Å². The Kier molecular flexibility index (Phi) is 5.04. The number of para-hydroxylation sites is 2. The molecule has 6 heteroatoms. The Hall–Kier alpha value is -3.25. The van der Waals surface area contributed by atoms with Crippen molar-refractivity contribution < 1.29 is 4.79 Å². The van der Waals surface area contributed by atoms with Gasteiger partial charge in [0.15, 0.2) is 5.43 Å². The molecule has 4 rings (SSSR count). The first-order valence-electron chi connectivity index (χ1n) is 8.71. The fourth-order valence-electron chi connectivity index (χ4n) is 3.15. The van der Waals surface area contributed by atoms with Crippen molar-refractivity contribution >= 4 is 49.9 Å². The van der Waals surface area contributed by atoms with Crippen LogP contribution < -0.4 is 10.9 Å². The van der Waals surface area contributed by atoms with Gasteiger partial charge in [-0.25, -0.2) is 5.43 Å². The number of fused-ring (bicyclic) bond motifs is 2. The van der Waals surface area contributed by atoms with E-state index in [1.165, 1.54) is 0 Å². The predicted molar refractivity (Wildman–Crippen MR) is 116 cm³/mol. The lowest BCUT2D eigenvalue weighted by Gasteiger charge is -2.14. The van der Waals surface area contributed by atoms with Crippen molar-refractivity contribution in [3.8, 4) is 0 Å². The molecule has 1 amide bonds. The largest absolute Gasteiger partial charge is 0.331 e. The van der Waals surface area contributed by atoms with Gasteiger partial charge in [0.2, 0.25) is 0 Å². The first-order chi connectivity index (χ1) is 13.6. The summed E-state index contributed by atoms with van der Waals surface area (Å²) in [6.07, 6.45) is 1.59. The van der Waals surface area contributed by atoms with E-state index < -0.39 is 0 Å². The fraction of sp³-hybridized carbons (Fsp3) is 0.0455. The number of amides is 1. The Labute approximate surface area is 169 Å². The van der Waals surface area contributed by atoms with Crippen LogP contribution in [0.2, 0.25) is 0 Å². The smallest absolute Gasteiger partial charge is 0.260 e. The Bertz CT molecular complexity index is 1200. The van der Waals surface area contributed by atoms with Gasteiger partial charge in [0.05, 0.1) is 17.2 Å². The quantitative estimate of drug-likeness (QED) is 0.299. The van der Waals surface area contributed by atoms with Crippen molar-refractivity contribution in [2.24, 2.45) is 5.10 Å². The molecule has 1 N–H and O–H groups in total. The number of nitrogens with zero attached hydrogens (tertiary/aromatic N) is 2. The number of carbonyl (C=O) groups excluding carboxylic acids is 1. The number of hydrazone groups is 1. The topological polar surface area (TPSA) is 63.5 Å². The summed E-state index contributed by atoms with van der Waals surface area (Å²) in [6.45, 7) is 0.0545. The van der Waals surface area contributed by atoms with Crippen molar-refractivity contribution in [3.63, 3.8) is 0 Å². The molecule has 0 aliphatic carbocycles. The number of pyridine rings is 1. The van der Waals surface area contributed by atoms with Crippen molar-refractivity contribution in [2.75, 3.05) is 0 Å². The van der Waals surface area contributed by atoms with Gasteiger partial charge in [0, 0.05) is 15.2 Å². The molecule has 1 aromatic heterocycles. The first-order valence-corrected chi connectivity index (χ1v) is 9.50. The van der Waals surface area contributed by atoms with Gasteiger partial charge in [-0.05, 0) is 42.0 Å². The molecule has 0 saturated carbocycles. The zero-order valence-corrected chi connectivity index (χ0v) is 16.4. The lowest BCUT2D eigenvalue weighted by Crippen LogP contribution is -2.25. The molecule has 0 unspecified atom stereocenters. The third-order valence-corrected chi connectivity index (χ3v) is 4.98. The van der Waals surface area contributed by atoms with Crippen LogP contribution in [0.15, 0.2) is 87.2 Å². The molecule has 0 spiro atoms. The molecule has 0 radical (unpaired) electrons. The average molecular weight is 434 g/mol. The second-order valence-corrected chi connectivity index (χ2v) is 7.21. The number of rotatable bonds is 4. The Morgan fingerprint density at radius 2 is 1.50 bits per heavy atom. The van der Waals surface area contributed by atoms with Gasteiger partial charge in [0.25, 0.3) is 5.91 Å². The van der Waals surface area contributed by atoms with Crippen molar-refractivity contribution in [2.45, 2.75) is 6.54 Å². The number of aromatic nitrogens is 1. The van der Waals surface area contributed by atoms with Crippen LogP contribution in [0.25, 0.3) is 21.8 Å². The minimum Gasteiger partial charge on any atom is -0.331 e. The summed E-state index contributed by atoms with van der Waals surface area (Å²) in [6, 6.07) is 22.2. The lowest BCUT2D eigenvalue weighted by atomic mass is 10.1. The van der Waals surface area contributed by atoms with Crippen LogP contribution in [-0.2, 0) is 11.3 Å². The van der Waals surface area contributed by atoms with E-state index in [1.54, 1.807) is 18.3 Å². The van der Waals surface area contributed by atoms with E-state index in [0.717, 1.165) is 21.1 Å². The molecule has 0 saturated heterocycles. The normalized spacial score (nSPS) is 11.3. The summed E-state index contributed by atoms with van der Waals surface area (Å²) in [5, 5.41) is 5.21. The summed E-state index contributed by atoms with van der Waals surface area (Å²) in [4.78, 5) is 25.2. The highest BCUT2D eigenvalue weighted by Gasteiger charge is 2.12. The van der Waals surface area contributed by atoms with E-state index in [9.17, 15) is 9.59 Å². The minimum atomic E-state index is -0.271. The standard InChI is InChI=1S/C22H16BrN3O2/c23-16-11-9-15(10-12-16)13-24-25-21(27)14-26-19-7-3-1-5-17(19)22(28)18-6-2-4-8-20(18)26/h1-13H,14H2,(H,25,27)/b24-13-. The summed E-state index contributed by atoms with van der Waals surface area (Å²) < 4.78 is 2.82. The summed E-state index contributed by atoms with van der Waals surface area (Å²) >= 11 is 3.38. The second-order valence-electron chi connectivity index (χ2n) is 6.29. The average Bonchev–Trinajstić information content (AvgIpc) is 2.72. The molecule has 5 nitrogen and oxygen atoms in total. The highest BCUT2D eigenvalue weighted by atomic mass is 79.9.